The number of imidazole rings is 1. The molecule has 10 N–H and O–H groups in total. The van der Waals surface area contributed by atoms with Gasteiger partial charge in [-0.05, 0) is 24.1 Å². The number of benzene rings is 1. The molecule has 0 aliphatic rings. The number of nitrogens with zero attached hydrogens (tertiary/aromatic N) is 1. The second-order valence-electron chi connectivity index (χ2n) is 8.00. The van der Waals surface area contributed by atoms with Crippen molar-refractivity contribution in [1.82, 2.24) is 25.9 Å². The van der Waals surface area contributed by atoms with Gasteiger partial charge in [-0.3, -0.25) is 19.2 Å². The fraction of sp³-hybridized carbons (Fsp3) is 0.364. The minimum atomic E-state index is -1.37. The van der Waals surface area contributed by atoms with Gasteiger partial charge in [-0.15, -0.1) is 0 Å². The number of nitrogens with one attached hydrogen (secondary N) is 4. The van der Waals surface area contributed by atoms with Crippen LogP contribution in [0.3, 0.4) is 0 Å². The van der Waals surface area contributed by atoms with Crippen LogP contribution in [-0.4, -0.2) is 74.4 Å². The zero-order valence-electron chi connectivity index (χ0n) is 19.3. The number of carboxylic acid groups (broad SMARTS) is 1. The number of carboxylic acids is 1. The van der Waals surface area contributed by atoms with Gasteiger partial charge in [-0.2, -0.15) is 0 Å². The molecule has 36 heavy (non-hydrogen) atoms. The van der Waals surface area contributed by atoms with E-state index in [0.717, 1.165) is 0 Å². The lowest BCUT2D eigenvalue weighted by atomic mass is 10.0. The molecule has 1 heterocycles. The van der Waals surface area contributed by atoms with Crippen molar-refractivity contribution in [2.75, 3.05) is 6.54 Å². The summed E-state index contributed by atoms with van der Waals surface area (Å²) in [6, 6.07) is 2.47. The molecule has 3 atom stereocenters. The second kappa shape index (κ2) is 13.4. The first-order valence-corrected chi connectivity index (χ1v) is 10.9. The predicted molar refractivity (Wildman–Crippen MR) is 125 cm³/mol. The largest absolute Gasteiger partial charge is 0.508 e. The van der Waals surface area contributed by atoms with Crippen LogP contribution in [0.2, 0.25) is 0 Å². The van der Waals surface area contributed by atoms with Crippen LogP contribution in [0.4, 0.5) is 0 Å². The molecule has 0 radical (unpaired) electrons. The molecule has 1 aromatic carbocycles. The van der Waals surface area contributed by atoms with E-state index >= 15 is 0 Å². The Kier molecular flexibility index (Phi) is 10.4. The van der Waals surface area contributed by atoms with Gasteiger partial charge in [-0.1, -0.05) is 12.1 Å². The van der Waals surface area contributed by atoms with E-state index in [1.54, 1.807) is 12.1 Å². The van der Waals surface area contributed by atoms with Gasteiger partial charge in [0.2, 0.25) is 23.6 Å². The van der Waals surface area contributed by atoms with Crippen molar-refractivity contribution >= 4 is 29.6 Å². The van der Waals surface area contributed by atoms with E-state index < -0.39 is 54.3 Å². The topological polar surface area (TPSA) is 243 Å². The first-order valence-electron chi connectivity index (χ1n) is 10.9. The number of primary amides is 1. The van der Waals surface area contributed by atoms with E-state index in [-0.39, 0.29) is 31.4 Å². The van der Waals surface area contributed by atoms with E-state index in [4.69, 9.17) is 11.5 Å². The molecule has 2 aromatic rings. The Bertz CT molecular complexity index is 1060. The Hall–Kier alpha value is -4.46. The number of hydrogen-bond acceptors (Lipinski definition) is 8. The van der Waals surface area contributed by atoms with Crippen molar-refractivity contribution < 1.29 is 34.2 Å². The third-order valence-electron chi connectivity index (χ3n) is 5.08. The Labute approximate surface area is 205 Å². The van der Waals surface area contributed by atoms with Gasteiger partial charge in [0.15, 0.2) is 0 Å². The monoisotopic (exact) mass is 503 g/mol. The molecule has 14 heteroatoms. The van der Waals surface area contributed by atoms with Crippen molar-refractivity contribution in [3.63, 3.8) is 0 Å². The van der Waals surface area contributed by atoms with Gasteiger partial charge in [0.05, 0.1) is 18.9 Å². The molecule has 0 aliphatic carbocycles. The van der Waals surface area contributed by atoms with Crippen molar-refractivity contribution in [2.45, 2.75) is 43.8 Å². The normalized spacial score (nSPS) is 13.1. The van der Waals surface area contributed by atoms with E-state index in [1.807, 2.05) is 0 Å². The van der Waals surface area contributed by atoms with E-state index in [2.05, 4.69) is 25.9 Å². The summed E-state index contributed by atoms with van der Waals surface area (Å²) in [7, 11) is 0. The van der Waals surface area contributed by atoms with Crippen LogP contribution in [-0.2, 0) is 36.8 Å². The molecular weight excluding hydrogens is 474 g/mol. The molecule has 0 bridgehead atoms. The highest BCUT2D eigenvalue weighted by molar-refractivity contribution is 5.93. The Morgan fingerprint density at radius 3 is 2.28 bits per heavy atom. The number of aromatic hydroxyl groups is 1. The maximum Gasteiger partial charge on any atom is 0.326 e. The predicted octanol–water partition coefficient (Wildman–Crippen LogP) is -2.34. The maximum absolute atomic E-state index is 12.8. The molecule has 0 fully saturated rings. The highest BCUT2D eigenvalue weighted by Crippen LogP contribution is 2.12. The summed E-state index contributed by atoms with van der Waals surface area (Å²) < 4.78 is 0. The number of hydrogen-bond donors (Lipinski definition) is 8. The smallest absolute Gasteiger partial charge is 0.326 e. The number of phenols is 1. The maximum atomic E-state index is 12.8. The second-order valence-corrected chi connectivity index (χ2v) is 8.00. The number of rotatable bonds is 14. The van der Waals surface area contributed by atoms with Crippen molar-refractivity contribution in [3.05, 3.63) is 48.0 Å². The van der Waals surface area contributed by atoms with Gasteiger partial charge < -0.3 is 42.6 Å². The number of amides is 4. The Morgan fingerprint density at radius 2 is 1.69 bits per heavy atom. The van der Waals surface area contributed by atoms with E-state index in [1.165, 1.54) is 24.7 Å². The van der Waals surface area contributed by atoms with E-state index in [9.17, 15) is 34.2 Å². The fourth-order valence-electron chi connectivity index (χ4n) is 3.16. The molecule has 0 saturated carbocycles. The van der Waals surface area contributed by atoms with Crippen LogP contribution in [0.1, 0.15) is 24.1 Å². The van der Waals surface area contributed by atoms with Crippen molar-refractivity contribution in [1.29, 1.82) is 0 Å². The number of carbonyl (C=O) groups excluding carboxylic acids is 4. The highest BCUT2D eigenvalue weighted by Gasteiger charge is 2.26. The number of aliphatic carboxylic acids is 1. The van der Waals surface area contributed by atoms with Gasteiger partial charge in [0.1, 0.15) is 17.8 Å². The third kappa shape index (κ3) is 9.42. The zero-order valence-corrected chi connectivity index (χ0v) is 19.3. The third-order valence-corrected chi connectivity index (χ3v) is 5.08. The molecule has 194 valence electrons. The molecular formula is C22H29N7O7. The number of aromatic nitrogens is 2. The highest BCUT2D eigenvalue weighted by atomic mass is 16.4. The molecule has 4 amide bonds. The van der Waals surface area contributed by atoms with Crippen LogP contribution in [0, 0.1) is 0 Å². The summed E-state index contributed by atoms with van der Waals surface area (Å²) in [6.45, 7) is -0.582. The van der Waals surface area contributed by atoms with Gasteiger partial charge in [-0.25, -0.2) is 9.78 Å². The van der Waals surface area contributed by atoms with Crippen molar-refractivity contribution in [2.24, 2.45) is 11.5 Å². The van der Waals surface area contributed by atoms with Crippen LogP contribution in [0.25, 0.3) is 0 Å². The number of H-pyrrole nitrogens is 1. The number of carbonyl (C=O) groups is 5. The van der Waals surface area contributed by atoms with E-state index in [0.29, 0.717) is 11.3 Å². The molecule has 0 aliphatic heterocycles. The lowest BCUT2D eigenvalue weighted by Crippen LogP contribution is -2.54. The van der Waals surface area contributed by atoms with Crippen LogP contribution in [0.5, 0.6) is 5.75 Å². The average molecular weight is 504 g/mol. The van der Waals surface area contributed by atoms with Gasteiger partial charge >= 0.3 is 5.97 Å². The summed E-state index contributed by atoms with van der Waals surface area (Å²) >= 11 is 0. The number of nitrogens with two attached hydrogens (primary N) is 2. The zero-order chi connectivity index (χ0) is 26.7. The summed E-state index contributed by atoms with van der Waals surface area (Å²) in [4.78, 5) is 66.5. The van der Waals surface area contributed by atoms with Crippen LogP contribution < -0.4 is 27.4 Å². The minimum Gasteiger partial charge on any atom is -0.508 e. The lowest BCUT2D eigenvalue weighted by Gasteiger charge is -2.21. The van der Waals surface area contributed by atoms with Gasteiger partial charge in [0.25, 0.3) is 0 Å². The summed E-state index contributed by atoms with van der Waals surface area (Å²) in [5.74, 6) is -4.21. The van der Waals surface area contributed by atoms with Crippen LogP contribution >= 0.6 is 0 Å². The quantitative estimate of drug-likeness (QED) is 0.137. The Morgan fingerprint density at radius 1 is 1.00 bits per heavy atom. The number of phenolic OH excluding ortho intramolecular Hbond substituents is 1. The molecule has 0 spiro atoms. The van der Waals surface area contributed by atoms with Crippen molar-refractivity contribution in [3.8, 4) is 5.75 Å². The SMILES string of the molecule is NC(=O)CCC(NC(=O)CNC(=O)C(Cc1ccc(O)cc1)NC(=O)C(N)Cc1cnc[nH]1)C(=O)O. The van der Waals surface area contributed by atoms with Crippen LogP contribution in [0.15, 0.2) is 36.8 Å². The molecule has 3 unspecified atom stereocenters. The molecule has 0 saturated heterocycles. The first-order chi connectivity index (χ1) is 17.0. The minimum absolute atomic E-state index is 0.0198. The lowest BCUT2D eigenvalue weighted by molar-refractivity contribution is -0.142. The number of aromatic amines is 1. The standard InChI is InChI=1S/C22H29N7O7/c23-15(8-13-9-25-11-27-13)20(33)29-17(7-12-1-3-14(30)4-2-12)21(34)26-10-19(32)28-16(22(35)36)5-6-18(24)31/h1-4,9,11,15-17,30H,5-8,10,23H2,(H2,24,31)(H,25,27)(H,26,34)(H,28,32)(H,29,33)(H,35,36). The Balaban J connectivity index is 2.02. The first kappa shape index (κ1) is 27.8. The summed E-state index contributed by atoms with van der Waals surface area (Å²) in [5.41, 5.74) is 12.2. The molecule has 1 aromatic heterocycles. The molecule has 14 nitrogen and oxygen atoms in total. The van der Waals surface area contributed by atoms with Gasteiger partial charge in [0, 0.05) is 31.2 Å². The fourth-order valence-corrected chi connectivity index (χ4v) is 3.16. The molecule has 2 rings (SSSR count). The summed E-state index contributed by atoms with van der Waals surface area (Å²) in [5, 5.41) is 25.8. The average Bonchev–Trinajstić information content (AvgIpc) is 3.33. The summed E-state index contributed by atoms with van der Waals surface area (Å²) in [6.07, 6.45) is 2.66.